The monoisotopic (exact) mass is 491 g/mol. The molecule has 1 fully saturated rings. The van der Waals surface area contributed by atoms with Gasteiger partial charge in [0.1, 0.15) is 12.2 Å². The Morgan fingerprint density at radius 1 is 1.21 bits per heavy atom. The Kier molecular flexibility index (Phi) is 7.93. The molecule has 3 rings (SSSR count). The summed E-state index contributed by atoms with van der Waals surface area (Å²) < 4.78 is 1.67. The molecule has 184 valence electrons. The van der Waals surface area contributed by atoms with Gasteiger partial charge in [0.2, 0.25) is 5.91 Å². The largest absolute Gasteiger partial charge is 0.388 e. The van der Waals surface area contributed by atoms with E-state index in [1.165, 1.54) is 18.2 Å². The fourth-order valence-corrected chi connectivity index (χ4v) is 4.53. The van der Waals surface area contributed by atoms with Crippen molar-refractivity contribution < 1.29 is 14.7 Å². The molecule has 10 nitrogen and oxygen atoms in total. The van der Waals surface area contributed by atoms with Crippen molar-refractivity contribution in [3.8, 4) is 5.69 Å². The number of amides is 2. The van der Waals surface area contributed by atoms with Crippen molar-refractivity contribution >= 4 is 23.4 Å². The van der Waals surface area contributed by atoms with Crippen molar-refractivity contribution in [3.05, 3.63) is 55.8 Å². The minimum atomic E-state index is -1.16. The fourth-order valence-electron chi connectivity index (χ4n) is 4.32. The maximum Gasteiger partial charge on any atom is 0.352 e. The summed E-state index contributed by atoms with van der Waals surface area (Å²) >= 11 is 6.24. The quantitative estimate of drug-likeness (QED) is 0.500. The predicted octanol–water partition coefficient (Wildman–Crippen LogP) is 1.55. The number of hydrogen-bond donors (Lipinski definition) is 3. The van der Waals surface area contributed by atoms with E-state index in [1.807, 2.05) is 0 Å². The average Bonchev–Trinajstić information content (AvgIpc) is 3.00. The second-order valence-corrected chi connectivity index (χ2v) is 9.53. The zero-order valence-corrected chi connectivity index (χ0v) is 20.0. The fraction of sp³-hybridized carbons (Fsp3) is 0.522. The van der Waals surface area contributed by atoms with Crippen LogP contribution in [0.5, 0.6) is 0 Å². The van der Waals surface area contributed by atoms with E-state index in [-0.39, 0.29) is 22.8 Å². The van der Waals surface area contributed by atoms with Gasteiger partial charge in [-0.2, -0.15) is 9.78 Å². The van der Waals surface area contributed by atoms with Crippen LogP contribution in [0.3, 0.4) is 0 Å². The van der Waals surface area contributed by atoms with Gasteiger partial charge in [0.05, 0.1) is 21.9 Å². The smallest absolute Gasteiger partial charge is 0.352 e. The highest BCUT2D eigenvalue weighted by molar-refractivity contribution is 6.33. The Balaban J connectivity index is 1.94. The molecule has 1 aromatic heterocycles. The summed E-state index contributed by atoms with van der Waals surface area (Å²) in [7, 11) is 0. The lowest BCUT2D eigenvalue weighted by Gasteiger charge is -2.27. The number of nitrogens with zero attached hydrogens (tertiary/aromatic N) is 3. The van der Waals surface area contributed by atoms with E-state index in [9.17, 15) is 24.3 Å². The third-order valence-corrected chi connectivity index (χ3v) is 6.49. The average molecular weight is 492 g/mol. The Morgan fingerprint density at radius 2 is 1.85 bits per heavy atom. The van der Waals surface area contributed by atoms with Gasteiger partial charge in [-0.05, 0) is 37.0 Å². The third-order valence-electron chi connectivity index (χ3n) is 6.16. The highest BCUT2D eigenvalue weighted by atomic mass is 35.5. The van der Waals surface area contributed by atoms with E-state index in [2.05, 4.69) is 10.4 Å². The van der Waals surface area contributed by atoms with Crippen LogP contribution in [0.2, 0.25) is 5.02 Å². The molecule has 11 heteroatoms. The lowest BCUT2D eigenvalue weighted by Crippen LogP contribution is -2.47. The number of carbonyl (C=O) groups is 2. The molecule has 34 heavy (non-hydrogen) atoms. The van der Waals surface area contributed by atoms with Crippen LogP contribution in [-0.4, -0.2) is 43.4 Å². The van der Waals surface area contributed by atoms with Crippen molar-refractivity contribution in [2.75, 3.05) is 6.54 Å². The number of carbonyl (C=O) groups excluding carboxylic acids is 2. The zero-order chi connectivity index (χ0) is 25.0. The van der Waals surface area contributed by atoms with Crippen molar-refractivity contribution in [2.45, 2.75) is 64.0 Å². The molecule has 1 aliphatic carbocycles. The van der Waals surface area contributed by atoms with E-state index in [0.717, 1.165) is 41.1 Å². The number of aromatic nitrogens is 3. The maximum absolute atomic E-state index is 13.1. The first-order valence-electron chi connectivity index (χ1n) is 11.3. The minimum absolute atomic E-state index is 0.0816. The van der Waals surface area contributed by atoms with Gasteiger partial charge in [-0.1, -0.05) is 51.1 Å². The number of benzene rings is 1. The van der Waals surface area contributed by atoms with Crippen LogP contribution in [0.1, 0.15) is 68.8 Å². The van der Waals surface area contributed by atoms with Crippen LogP contribution < -0.4 is 22.3 Å². The van der Waals surface area contributed by atoms with Gasteiger partial charge in [0.15, 0.2) is 0 Å². The molecule has 0 radical (unpaired) electrons. The predicted molar refractivity (Wildman–Crippen MR) is 127 cm³/mol. The first kappa shape index (κ1) is 25.6. The number of rotatable bonds is 7. The zero-order valence-electron chi connectivity index (χ0n) is 19.3. The van der Waals surface area contributed by atoms with Crippen LogP contribution in [0.4, 0.5) is 0 Å². The highest BCUT2D eigenvalue weighted by Gasteiger charge is 2.29. The topological polar surface area (TPSA) is 149 Å². The van der Waals surface area contributed by atoms with Gasteiger partial charge in [-0.15, -0.1) is 0 Å². The number of nitrogens with two attached hydrogens (primary N) is 1. The van der Waals surface area contributed by atoms with Gasteiger partial charge >= 0.3 is 5.69 Å². The van der Waals surface area contributed by atoms with Crippen molar-refractivity contribution in [1.29, 1.82) is 0 Å². The van der Waals surface area contributed by atoms with E-state index in [4.69, 9.17) is 17.3 Å². The molecule has 0 bridgehead atoms. The summed E-state index contributed by atoms with van der Waals surface area (Å²) in [6.07, 6.45) is 6.04. The molecule has 0 spiro atoms. The van der Waals surface area contributed by atoms with E-state index >= 15 is 0 Å². The van der Waals surface area contributed by atoms with Crippen molar-refractivity contribution in [3.63, 3.8) is 0 Å². The molecular weight excluding hydrogens is 462 g/mol. The lowest BCUT2D eigenvalue weighted by molar-refractivity contribution is -0.122. The first-order valence-corrected chi connectivity index (χ1v) is 11.7. The number of halogens is 1. The molecule has 1 saturated carbocycles. The molecule has 0 aliphatic heterocycles. The summed E-state index contributed by atoms with van der Waals surface area (Å²) in [4.78, 5) is 50.3. The van der Waals surface area contributed by atoms with E-state index in [1.54, 1.807) is 13.8 Å². The highest BCUT2D eigenvalue weighted by Crippen LogP contribution is 2.27. The van der Waals surface area contributed by atoms with Crippen molar-refractivity contribution in [2.24, 2.45) is 11.7 Å². The normalized spacial score (nSPS) is 16.6. The van der Waals surface area contributed by atoms with Gasteiger partial charge in [-0.3, -0.25) is 14.4 Å². The molecule has 1 heterocycles. The summed E-state index contributed by atoms with van der Waals surface area (Å²) in [5.74, 6) is -1.75. The molecular formula is C23H30ClN5O5. The van der Waals surface area contributed by atoms with Crippen LogP contribution in [0, 0.1) is 5.92 Å². The second-order valence-electron chi connectivity index (χ2n) is 9.12. The SMILES string of the molecule is CC(C)C(C(N)=O)n1c(=O)cnn(-c2ccc(Cl)c(C(=O)NCC3(O)CCCCCC3)c2)c1=O. The number of aliphatic hydroxyl groups is 1. The van der Waals surface area contributed by atoms with Crippen LogP contribution in [0.15, 0.2) is 34.0 Å². The molecule has 1 atom stereocenters. The van der Waals surface area contributed by atoms with Gasteiger partial charge in [0, 0.05) is 6.54 Å². The molecule has 1 aromatic carbocycles. The Hall–Kier alpha value is -2.98. The second kappa shape index (κ2) is 10.5. The van der Waals surface area contributed by atoms with Gasteiger partial charge in [0.25, 0.3) is 11.5 Å². The molecule has 2 amide bonds. The van der Waals surface area contributed by atoms with Crippen molar-refractivity contribution in [1.82, 2.24) is 19.7 Å². The maximum atomic E-state index is 13.1. The molecule has 1 unspecified atom stereocenters. The summed E-state index contributed by atoms with van der Waals surface area (Å²) in [6.45, 7) is 3.42. The van der Waals surface area contributed by atoms with Crippen LogP contribution in [-0.2, 0) is 4.79 Å². The lowest BCUT2D eigenvalue weighted by atomic mass is 9.94. The third kappa shape index (κ3) is 5.56. The number of primary amides is 1. The summed E-state index contributed by atoms with van der Waals surface area (Å²) in [5.41, 5.74) is 3.10. The Bertz CT molecular complexity index is 1180. The Labute approximate surface area is 201 Å². The summed E-state index contributed by atoms with van der Waals surface area (Å²) in [5, 5.41) is 17.6. The molecule has 4 N–H and O–H groups in total. The summed E-state index contributed by atoms with van der Waals surface area (Å²) in [6, 6.07) is 3.11. The van der Waals surface area contributed by atoms with E-state index < -0.39 is 40.6 Å². The minimum Gasteiger partial charge on any atom is -0.388 e. The van der Waals surface area contributed by atoms with Crippen LogP contribution in [0.25, 0.3) is 5.69 Å². The number of nitrogens with one attached hydrogen (secondary N) is 1. The van der Waals surface area contributed by atoms with Gasteiger partial charge in [-0.25, -0.2) is 9.36 Å². The molecule has 2 aromatic rings. The molecule has 0 saturated heterocycles. The molecule has 1 aliphatic rings. The van der Waals surface area contributed by atoms with E-state index in [0.29, 0.717) is 12.8 Å². The standard InChI is InChI=1S/C23H30ClN5O5/c1-14(2)19(20(25)31)28-18(30)12-27-29(22(28)33)15-7-8-17(24)16(11-15)21(32)26-13-23(34)9-5-3-4-6-10-23/h7-8,11-12,14,19,34H,3-6,9-10,13H2,1-2H3,(H2,25,31)(H,26,32). The number of hydrogen-bond acceptors (Lipinski definition) is 6. The Morgan fingerprint density at radius 3 is 2.44 bits per heavy atom. The van der Waals surface area contributed by atoms with Gasteiger partial charge < -0.3 is 16.2 Å². The van der Waals surface area contributed by atoms with Crippen LogP contribution >= 0.6 is 11.6 Å². The first-order chi connectivity index (χ1) is 16.0.